The number of carbonyl (C=O) groups is 1. The molecule has 82 valence electrons. The van der Waals surface area contributed by atoms with Crippen LogP contribution in [0.4, 0.5) is 0 Å². The van der Waals surface area contributed by atoms with Crippen LogP contribution in [0.25, 0.3) is 0 Å². The second kappa shape index (κ2) is 5.29. The molecule has 3 heteroatoms. The van der Waals surface area contributed by atoms with Gasteiger partial charge in [0, 0.05) is 10.9 Å². The van der Waals surface area contributed by atoms with Crippen molar-refractivity contribution in [2.45, 2.75) is 26.3 Å². The fraction of sp³-hybridized carbons (Fsp3) is 0.417. The van der Waals surface area contributed by atoms with Gasteiger partial charge < -0.3 is 5.73 Å². The third kappa shape index (κ3) is 3.65. The van der Waals surface area contributed by atoms with E-state index in [0.29, 0.717) is 11.4 Å². The molecule has 0 bridgehead atoms. The number of halogens is 1. The van der Waals surface area contributed by atoms with Crippen molar-refractivity contribution in [2.24, 2.45) is 11.7 Å². The largest absolute Gasteiger partial charge is 0.321 e. The summed E-state index contributed by atoms with van der Waals surface area (Å²) in [5.74, 6) is 0.0947. The summed E-state index contributed by atoms with van der Waals surface area (Å²) in [6, 6.07) is 7.00. The number of Topliss-reactive ketones (excluding diaryl/α,β-unsaturated/α-hetero) is 1. The second-order valence-corrected chi connectivity index (χ2v) is 4.43. The number of rotatable bonds is 4. The van der Waals surface area contributed by atoms with Gasteiger partial charge in [-0.05, 0) is 24.1 Å². The van der Waals surface area contributed by atoms with Crippen molar-refractivity contribution in [3.8, 4) is 0 Å². The third-order valence-electron chi connectivity index (χ3n) is 2.30. The number of ketones is 1. The van der Waals surface area contributed by atoms with Crippen LogP contribution in [-0.2, 0) is 11.2 Å². The van der Waals surface area contributed by atoms with Crippen LogP contribution < -0.4 is 5.73 Å². The van der Waals surface area contributed by atoms with Crippen molar-refractivity contribution >= 4 is 17.4 Å². The molecule has 0 saturated carbocycles. The van der Waals surface area contributed by atoms with Crippen molar-refractivity contribution in [1.29, 1.82) is 0 Å². The summed E-state index contributed by atoms with van der Waals surface area (Å²) < 4.78 is 0. The summed E-state index contributed by atoms with van der Waals surface area (Å²) in [7, 11) is 0. The smallest absolute Gasteiger partial charge is 0.152 e. The molecule has 0 aliphatic heterocycles. The molecular formula is C12H16ClNO. The molecule has 0 heterocycles. The molecule has 2 nitrogen and oxygen atoms in total. The Morgan fingerprint density at radius 3 is 2.33 bits per heavy atom. The molecule has 2 N–H and O–H groups in total. The van der Waals surface area contributed by atoms with Crippen molar-refractivity contribution in [1.82, 2.24) is 0 Å². The highest BCUT2D eigenvalue weighted by Crippen LogP contribution is 2.11. The maximum absolute atomic E-state index is 11.6. The number of benzene rings is 1. The molecule has 0 saturated heterocycles. The van der Waals surface area contributed by atoms with Gasteiger partial charge in [-0.15, -0.1) is 0 Å². The molecule has 0 fully saturated rings. The lowest BCUT2D eigenvalue weighted by atomic mass is 9.97. The van der Waals surface area contributed by atoms with Crippen LogP contribution in [0.3, 0.4) is 0 Å². The quantitative estimate of drug-likeness (QED) is 0.856. The van der Waals surface area contributed by atoms with Crippen LogP contribution in [0, 0.1) is 5.92 Å². The predicted molar refractivity (Wildman–Crippen MR) is 63.0 cm³/mol. The van der Waals surface area contributed by atoms with E-state index in [0.717, 1.165) is 5.56 Å². The minimum Gasteiger partial charge on any atom is -0.321 e. The summed E-state index contributed by atoms with van der Waals surface area (Å²) in [4.78, 5) is 11.6. The lowest BCUT2D eigenvalue weighted by Gasteiger charge is -2.12. The molecule has 15 heavy (non-hydrogen) atoms. The zero-order valence-corrected chi connectivity index (χ0v) is 9.79. The van der Waals surface area contributed by atoms with E-state index in [4.69, 9.17) is 17.3 Å². The number of hydrogen-bond acceptors (Lipinski definition) is 2. The Morgan fingerprint density at radius 2 is 1.87 bits per heavy atom. The summed E-state index contributed by atoms with van der Waals surface area (Å²) >= 11 is 5.76. The minimum absolute atomic E-state index is 0.00713. The Kier molecular flexibility index (Phi) is 4.30. The number of hydrogen-bond donors (Lipinski definition) is 1. The molecule has 0 amide bonds. The van der Waals surface area contributed by atoms with Gasteiger partial charge in [-0.2, -0.15) is 0 Å². The van der Waals surface area contributed by atoms with Gasteiger partial charge in [0.1, 0.15) is 0 Å². The molecule has 0 aliphatic rings. The Balaban J connectivity index is 2.62. The average Bonchev–Trinajstić information content (AvgIpc) is 2.20. The number of carbonyl (C=O) groups excluding carboxylic acids is 1. The highest BCUT2D eigenvalue weighted by atomic mass is 35.5. The normalized spacial score (nSPS) is 12.9. The van der Waals surface area contributed by atoms with Crippen LogP contribution in [0.15, 0.2) is 24.3 Å². The molecule has 0 spiro atoms. The molecular weight excluding hydrogens is 210 g/mol. The summed E-state index contributed by atoms with van der Waals surface area (Å²) in [6.45, 7) is 3.73. The average molecular weight is 226 g/mol. The third-order valence-corrected chi connectivity index (χ3v) is 2.56. The van der Waals surface area contributed by atoms with E-state index in [1.54, 1.807) is 0 Å². The zero-order chi connectivity index (χ0) is 11.4. The first-order valence-corrected chi connectivity index (χ1v) is 5.42. The van der Waals surface area contributed by atoms with Crippen molar-refractivity contribution in [3.05, 3.63) is 34.9 Å². The van der Waals surface area contributed by atoms with E-state index in [9.17, 15) is 4.79 Å². The van der Waals surface area contributed by atoms with Crippen LogP contribution in [0.1, 0.15) is 19.4 Å². The van der Waals surface area contributed by atoms with E-state index in [1.165, 1.54) is 0 Å². The minimum atomic E-state index is -0.411. The van der Waals surface area contributed by atoms with Gasteiger partial charge in [0.2, 0.25) is 0 Å². The lowest BCUT2D eigenvalue weighted by Crippen LogP contribution is -2.35. The van der Waals surface area contributed by atoms with E-state index >= 15 is 0 Å². The lowest BCUT2D eigenvalue weighted by molar-refractivity contribution is -0.123. The second-order valence-electron chi connectivity index (χ2n) is 3.99. The Labute approximate surface area is 95.4 Å². The predicted octanol–water partition coefficient (Wildman–Crippen LogP) is 2.43. The van der Waals surface area contributed by atoms with Gasteiger partial charge in [0.25, 0.3) is 0 Å². The highest BCUT2D eigenvalue weighted by molar-refractivity contribution is 6.30. The van der Waals surface area contributed by atoms with Crippen LogP contribution in [-0.4, -0.2) is 11.8 Å². The fourth-order valence-electron chi connectivity index (χ4n) is 1.40. The Bertz CT molecular complexity index is 332. The maximum Gasteiger partial charge on any atom is 0.152 e. The summed E-state index contributed by atoms with van der Waals surface area (Å²) in [5, 5.41) is 0.697. The molecule has 1 atom stereocenters. The Morgan fingerprint density at radius 1 is 1.33 bits per heavy atom. The number of nitrogens with two attached hydrogens (primary N) is 1. The first-order valence-electron chi connectivity index (χ1n) is 5.04. The van der Waals surface area contributed by atoms with Gasteiger partial charge in [-0.1, -0.05) is 37.6 Å². The van der Waals surface area contributed by atoms with Crippen LogP contribution in [0.5, 0.6) is 0 Å². The first-order chi connectivity index (χ1) is 7.00. The molecule has 1 aromatic carbocycles. The zero-order valence-electron chi connectivity index (χ0n) is 9.03. The fourth-order valence-corrected chi connectivity index (χ4v) is 1.53. The highest BCUT2D eigenvalue weighted by Gasteiger charge is 2.16. The van der Waals surface area contributed by atoms with Gasteiger partial charge in [0.05, 0.1) is 6.04 Å². The molecule has 0 radical (unpaired) electrons. The molecule has 1 aromatic rings. The molecule has 0 aliphatic carbocycles. The van der Waals surface area contributed by atoms with Gasteiger partial charge in [-0.3, -0.25) is 4.79 Å². The molecule has 0 aromatic heterocycles. The van der Waals surface area contributed by atoms with Crippen LogP contribution >= 0.6 is 11.6 Å². The summed E-state index contributed by atoms with van der Waals surface area (Å²) in [5.41, 5.74) is 6.85. The van der Waals surface area contributed by atoms with E-state index < -0.39 is 6.04 Å². The van der Waals surface area contributed by atoms with E-state index in [2.05, 4.69) is 0 Å². The standard InChI is InChI=1S/C12H16ClNO/c1-8(2)12(15)11(14)7-9-3-5-10(13)6-4-9/h3-6,8,11H,7,14H2,1-2H3/t11-/m0/s1. The van der Waals surface area contributed by atoms with Crippen molar-refractivity contribution in [2.75, 3.05) is 0 Å². The van der Waals surface area contributed by atoms with E-state index in [1.807, 2.05) is 38.1 Å². The van der Waals surface area contributed by atoms with E-state index in [-0.39, 0.29) is 11.7 Å². The topological polar surface area (TPSA) is 43.1 Å². The van der Waals surface area contributed by atoms with Gasteiger partial charge in [-0.25, -0.2) is 0 Å². The molecule has 0 unspecified atom stereocenters. The van der Waals surface area contributed by atoms with Gasteiger partial charge in [0.15, 0.2) is 5.78 Å². The van der Waals surface area contributed by atoms with Gasteiger partial charge >= 0.3 is 0 Å². The monoisotopic (exact) mass is 225 g/mol. The van der Waals surface area contributed by atoms with Crippen LogP contribution in [0.2, 0.25) is 5.02 Å². The Hall–Kier alpha value is -0.860. The maximum atomic E-state index is 11.6. The molecule has 1 rings (SSSR count). The van der Waals surface area contributed by atoms with Crippen molar-refractivity contribution in [3.63, 3.8) is 0 Å². The SMILES string of the molecule is CC(C)C(=O)[C@@H](N)Cc1ccc(Cl)cc1. The van der Waals surface area contributed by atoms with Crippen molar-refractivity contribution < 1.29 is 4.79 Å². The summed E-state index contributed by atoms with van der Waals surface area (Å²) in [6.07, 6.45) is 0.578. The first kappa shape index (κ1) is 12.2.